The van der Waals surface area contributed by atoms with Gasteiger partial charge in [-0.2, -0.15) is 0 Å². The standard InChI is InChI=1S/C21H17N3O4/c1-12-17-16(10-15-14(8-9-26-15)19(17)25-2)27-18(12)20-23-24-21(28-20)22-11-13-6-4-3-5-7-13/h3-10H,11H2,1-2H3,(H,22,24). The molecule has 0 unspecified atom stereocenters. The van der Waals surface area contributed by atoms with Crippen LogP contribution in [-0.4, -0.2) is 17.3 Å². The predicted octanol–water partition coefficient (Wildman–Crippen LogP) is 5.16. The lowest BCUT2D eigenvalue weighted by Gasteiger charge is -2.03. The van der Waals surface area contributed by atoms with Crippen molar-refractivity contribution in [3.8, 4) is 17.4 Å². The largest absolute Gasteiger partial charge is 0.495 e. The van der Waals surface area contributed by atoms with Crippen molar-refractivity contribution in [2.45, 2.75) is 13.5 Å². The van der Waals surface area contributed by atoms with Crippen molar-refractivity contribution in [2.24, 2.45) is 0 Å². The first-order chi connectivity index (χ1) is 13.7. The number of aryl methyl sites for hydroxylation is 1. The highest BCUT2D eigenvalue weighted by Gasteiger charge is 2.23. The topological polar surface area (TPSA) is 86.5 Å². The molecule has 7 heteroatoms. The van der Waals surface area contributed by atoms with Crippen molar-refractivity contribution in [1.29, 1.82) is 0 Å². The monoisotopic (exact) mass is 375 g/mol. The molecule has 0 aliphatic rings. The van der Waals surface area contributed by atoms with E-state index in [-0.39, 0.29) is 0 Å². The molecule has 0 aliphatic carbocycles. The maximum Gasteiger partial charge on any atom is 0.316 e. The second-order valence-electron chi connectivity index (χ2n) is 6.42. The molecule has 0 saturated carbocycles. The molecule has 5 aromatic rings. The lowest BCUT2D eigenvalue weighted by molar-refractivity contribution is 0.424. The Balaban J connectivity index is 1.51. The molecule has 5 rings (SSSR count). The Labute approximate surface area is 159 Å². The smallest absolute Gasteiger partial charge is 0.316 e. The van der Waals surface area contributed by atoms with Crippen LogP contribution in [0.3, 0.4) is 0 Å². The minimum Gasteiger partial charge on any atom is -0.495 e. The first kappa shape index (κ1) is 16.4. The van der Waals surface area contributed by atoms with E-state index >= 15 is 0 Å². The van der Waals surface area contributed by atoms with E-state index < -0.39 is 0 Å². The lowest BCUT2D eigenvalue weighted by Crippen LogP contribution is -1.98. The minimum atomic E-state index is 0.308. The number of methoxy groups -OCH3 is 1. The summed E-state index contributed by atoms with van der Waals surface area (Å²) < 4.78 is 22.9. The van der Waals surface area contributed by atoms with Crippen molar-refractivity contribution in [1.82, 2.24) is 10.2 Å². The fourth-order valence-corrected chi connectivity index (χ4v) is 3.37. The van der Waals surface area contributed by atoms with Gasteiger partial charge in [0.1, 0.15) is 16.9 Å². The summed E-state index contributed by atoms with van der Waals surface area (Å²) in [6.45, 7) is 2.53. The fraction of sp³-hybridized carbons (Fsp3) is 0.143. The van der Waals surface area contributed by atoms with Crippen LogP contribution in [0.5, 0.6) is 5.75 Å². The molecule has 28 heavy (non-hydrogen) atoms. The summed E-state index contributed by atoms with van der Waals surface area (Å²) in [6.07, 6.45) is 1.63. The summed E-state index contributed by atoms with van der Waals surface area (Å²) in [7, 11) is 1.63. The van der Waals surface area contributed by atoms with Crippen molar-refractivity contribution < 1.29 is 18.0 Å². The number of anilines is 1. The molecule has 0 atom stereocenters. The van der Waals surface area contributed by atoms with E-state index in [9.17, 15) is 0 Å². The van der Waals surface area contributed by atoms with Crippen LogP contribution < -0.4 is 10.1 Å². The average Bonchev–Trinajstić information content (AvgIpc) is 3.44. The Morgan fingerprint density at radius 2 is 1.89 bits per heavy atom. The molecule has 0 radical (unpaired) electrons. The molecular formula is C21H17N3O4. The fourth-order valence-electron chi connectivity index (χ4n) is 3.37. The van der Waals surface area contributed by atoms with E-state index in [1.807, 2.05) is 49.4 Å². The molecule has 0 amide bonds. The van der Waals surface area contributed by atoms with E-state index in [1.54, 1.807) is 13.4 Å². The number of nitrogens with zero attached hydrogens (tertiary/aromatic N) is 2. The molecule has 0 aliphatic heterocycles. The number of benzene rings is 2. The number of hydrogen-bond donors (Lipinski definition) is 1. The van der Waals surface area contributed by atoms with E-state index in [0.717, 1.165) is 21.9 Å². The molecule has 3 heterocycles. The zero-order chi connectivity index (χ0) is 19.1. The summed E-state index contributed by atoms with van der Waals surface area (Å²) in [6, 6.07) is 14.0. The molecule has 1 N–H and O–H groups in total. The molecule has 140 valence electrons. The first-order valence-corrected chi connectivity index (χ1v) is 8.83. The highest BCUT2D eigenvalue weighted by atomic mass is 16.5. The van der Waals surface area contributed by atoms with Crippen molar-refractivity contribution >= 4 is 28.0 Å². The van der Waals surface area contributed by atoms with Crippen LogP contribution in [0.25, 0.3) is 33.6 Å². The number of hydrogen-bond acceptors (Lipinski definition) is 7. The molecule has 2 aromatic carbocycles. The van der Waals surface area contributed by atoms with Crippen LogP contribution in [0.4, 0.5) is 6.01 Å². The predicted molar refractivity (Wildman–Crippen MR) is 104 cm³/mol. The Morgan fingerprint density at radius 3 is 2.71 bits per heavy atom. The van der Waals surface area contributed by atoms with Gasteiger partial charge in [0.15, 0.2) is 5.76 Å². The quantitative estimate of drug-likeness (QED) is 0.454. The van der Waals surface area contributed by atoms with Gasteiger partial charge in [-0.25, -0.2) is 0 Å². The van der Waals surface area contributed by atoms with Crippen LogP contribution >= 0.6 is 0 Å². The normalized spacial score (nSPS) is 11.4. The Hall–Kier alpha value is -3.74. The van der Waals surface area contributed by atoms with E-state index in [1.165, 1.54) is 0 Å². The van der Waals surface area contributed by atoms with E-state index in [0.29, 0.717) is 41.1 Å². The lowest BCUT2D eigenvalue weighted by atomic mass is 10.1. The van der Waals surface area contributed by atoms with Gasteiger partial charge in [0, 0.05) is 18.2 Å². The zero-order valence-corrected chi connectivity index (χ0v) is 15.4. The second kappa shape index (κ2) is 6.45. The SMILES string of the molecule is COc1c2ccoc2cc2oc(-c3nnc(NCc4ccccc4)o3)c(C)c12. The van der Waals surface area contributed by atoms with E-state index in [4.69, 9.17) is 18.0 Å². The molecule has 3 aromatic heterocycles. The number of rotatable bonds is 5. The van der Waals surface area contributed by atoms with Gasteiger partial charge in [-0.05, 0) is 18.6 Å². The Bertz CT molecular complexity index is 1270. The van der Waals surface area contributed by atoms with Gasteiger partial charge in [-0.1, -0.05) is 35.4 Å². The maximum absolute atomic E-state index is 6.02. The third-order valence-electron chi connectivity index (χ3n) is 4.71. The van der Waals surface area contributed by atoms with Crippen LogP contribution in [-0.2, 0) is 6.54 Å². The summed E-state index contributed by atoms with van der Waals surface area (Å²) in [5.74, 6) is 1.53. The van der Waals surface area contributed by atoms with Gasteiger partial charge in [0.05, 0.1) is 24.1 Å². The number of nitrogens with one attached hydrogen (secondary N) is 1. The van der Waals surface area contributed by atoms with Crippen molar-refractivity contribution in [3.63, 3.8) is 0 Å². The minimum absolute atomic E-state index is 0.308. The summed E-state index contributed by atoms with van der Waals surface area (Å²) >= 11 is 0. The molecular weight excluding hydrogens is 358 g/mol. The Kier molecular flexibility index (Phi) is 3.79. The van der Waals surface area contributed by atoms with Crippen molar-refractivity contribution in [3.05, 3.63) is 59.9 Å². The molecule has 0 bridgehead atoms. The summed E-state index contributed by atoms with van der Waals surface area (Å²) in [5.41, 5.74) is 3.33. The first-order valence-electron chi connectivity index (χ1n) is 8.83. The maximum atomic E-state index is 6.02. The zero-order valence-electron chi connectivity index (χ0n) is 15.4. The molecule has 0 fully saturated rings. The Morgan fingerprint density at radius 1 is 1.04 bits per heavy atom. The van der Waals surface area contributed by atoms with Gasteiger partial charge in [-0.3, -0.25) is 0 Å². The number of fused-ring (bicyclic) bond motifs is 2. The van der Waals surface area contributed by atoms with Crippen LogP contribution in [0.1, 0.15) is 11.1 Å². The van der Waals surface area contributed by atoms with Gasteiger partial charge < -0.3 is 23.3 Å². The third-order valence-corrected chi connectivity index (χ3v) is 4.71. The van der Waals surface area contributed by atoms with Gasteiger partial charge in [0.25, 0.3) is 5.89 Å². The van der Waals surface area contributed by atoms with Crippen molar-refractivity contribution in [2.75, 3.05) is 12.4 Å². The molecule has 0 spiro atoms. The summed E-state index contributed by atoms with van der Waals surface area (Å²) in [4.78, 5) is 0. The van der Waals surface area contributed by atoms with Crippen LogP contribution in [0.2, 0.25) is 0 Å². The highest BCUT2D eigenvalue weighted by Crippen LogP contribution is 2.42. The number of aromatic nitrogens is 2. The van der Waals surface area contributed by atoms with Gasteiger partial charge in [0.2, 0.25) is 0 Å². The van der Waals surface area contributed by atoms with E-state index in [2.05, 4.69) is 15.5 Å². The number of ether oxygens (including phenoxy) is 1. The number of furan rings is 2. The second-order valence-corrected chi connectivity index (χ2v) is 6.42. The van der Waals surface area contributed by atoms with Crippen LogP contribution in [0, 0.1) is 6.92 Å². The highest BCUT2D eigenvalue weighted by molar-refractivity contribution is 6.04. The van der Waals surface area contributed by atoms with Gasteiger partial charge >= 0.3 is 6.01 Å². The molecule has 0 saturated heterocycles. The van der Waals surface area contributed by atoms with Gasteiger partial charge in [-0.15, -0.1) is 5.10 Å². The third kappa shape index (κ3) is 2.60. The molecule has 7 nitrogen and oxygen atoms in total. The average molecular weight is 375 g/mol. The summed E-state index contributed by atoms with van der Waals surface area (Å²) in [5, 5.41) is 13.1. The van der Waals surface area contributed by atoms with Crippen LogP contribution in [0.15, 0.2) is 62.0 Å².